The molecule has 1 atom stereocenters. The summed E-state index contributed by atoms with van der Waals surface area (Å²) >= 11 is 12.2. The number of benzene rings is 2. The number of rotatable bonds is 8. The molecule has 1 unspecified atom stereocenters. The Hall–Kier alpha value is -1.54. The summed E-state index contributed by atoms with van der Waals surface area (Å²) in [5.41, 5.74) is 0.301. The zero-order valence-electron chi connectivity index (χ0n) is 13.3. The van der Waals surface area contributed by atoms with Gasteiger partial charge in [-0.2, -0.15) is 8.78 Å². The Kier molecular flexibility index (Phi) is 7.96. The number of ether oxygens (including phenoxy) is 1. The van der Waals surface area contributed by atoms with Crippen molar-refractivity contribution >= 4 is 40.9 Å². The molecule has 140 valence electrons. The lowest BCUT2D eigenvalue weighted by molar-refractivity contribution is 0.0844. The predicted octanol–water partition coefficient (Wildman–Crippen LogP) is 4.48. The van der Waals surface area contributed by atoms with Crippen LogP contribution in [0, 0.1) is 0 Å². The molecule has 0 aliphatic heterocycles. The molecule has 0 aliphatic rings. The third-order valence-corrected chi connectivity index (χ3v) is 4.71. The van der Waals surface area contributed by atoms with Gasteiger partial charge in [0.25, 0.3) is 11.7 Å². The highest BCUT2D eigenvalue weighted by molar-refractivity contribution is 7.99. The van der Waals surface area contributed by atoms with Crippen molar-refractivity contribution in [1.29, 1.82) is 0 Å². The minimum Gasteiger partial charge on any atom is -0.489 e. The molecule has 0 fully saturated rings. The van der Waals surface area contributed by atoms with Crippen LogP contribution in [0.1, 0.15) is 10.4 Å². The molecule has 4 nitrogen and oxygen atoms in total. The molecule has 2 aromatic carbocycles. The Morgan fingerprint density at radius 1 is 1.19 bits per heavy atom. The van der Waals surface area contributed by atoms with Gasteiger partial charge < -0.3 is 15.2 Å². The summed E-state index contributed by atoms with van der Waals surface area (Å²) in [6.45, 7) is -0.144. The highest BCUT2D eigenvalue weighted by Gasteiger charge is 2.12. The number of thioether (sulfide) groups is 1. The molecule has 1 amide bonds. The third-order valence-electron chi connectivity index (χ3n) is 3.19. The van der Waals surface area contributed by atoms with Crippen LogP contribution in [-0.2, 0) is 0 Å². The van der Waals surface area contributed by atoms with Gasteiger partial charge in [-0.15, -0.1) is 0 Å². The quantitative estimate of drug-likeness (QED) is 0.616. The van der Waals surface area contributed by atoms with Gasteiger partial charge >= 0.3 is 0 Å². The molecule has 0 heterocycles. The van der Waals surface area contributed by atoms with E-state index < -0.39 is 17.8 Å². The lowest BCUT2D eigenvalue weighted by Gasteiger charge is -2.14. The van der Waals surface area contributed by atoms with Gasteiger partial charge in [0.15, 0.2) is 0 Å². The molecular formula is C17H15Cl2F2NO3S. The fraction of sp³-hybridized carbons (Fsp3) is 0.235. The number of amides is 1. The van der Waals surface area contributed by atoms with Crippen LogP contribution in [0.25, 0.3) is 0 Å². The fourth-order valence-corrected chi connectivity index (χ4v) is 2.79. The Morgan fingerprint density at radius 2 is 1.88 bits per heavy atom. The zero-order chi connectivity index (χ0) is 19.1. The summed E-state index contributed by atoms with van der Waals surface area (Å²) in [6, 6.07) is 10.6. The largest absolute Gasteiger partial charge is 0.489 e. The van der Waals surface area contributed by atoms with Gasteiger partial charge in [0.05, 0.1) is 5.02 Å². The van der Waals surface area contributed by atoms with Crippen molar-refractivity contribution in [3.63, 3.8) is 0 Å². The first-order valence-corrected chi connectivity index (χ1v) is 9.08. The van der Waals surface area contributed by atoms with Crippen LogP contribution < -0.4 is 10.1 Å². The Balaban J connectivity index is 1.80. The minimum absolute atomic E-state index is 0.0510. The molecule has 2 N–H and O–H groups in total. The first kappa shape index (κ1) is 20.8. The fourth-order valence-electron chi connectivity index (χ4n) is 1.94. The van der Waals surface area contributed by atoms with Crippen molar-refractivity contribution in [2.45, 2.75) is 16.8 Å². The average Bonchev–Trinajstić information content (AvgIpc) is 2.61. The van der Waals surface area contributed by atoms with E-state index in [9.17, 15) is 18.7 Å². The number of nitrogens with one attached hydrogen (secondary N) is 1. The molecule has 0 saturated carbocycles. The monoisotopic (exact) mass is 421 g/mol. The average molecular weight is 422 g/mol. The van der Waals surface area contributed by atoms with E-state index >= 15 is 0 Å². The van der Waals surface area contributed by atoms with E-state index in [-0.39, 0.29) is 18.2 Å². The predicted molar refractivity (Wildman–Crippen MR) is 98.6 cm³/mol. The normalized spacial score (nSPS) is 12.1. The molecule has 26 heavy (non-hydrogen) atoms. The van der Waals surface area contributed by atoms with E-state index in [1.165, 1.54) is 24.3 Å². The van der Waals surface area contributed by atoms with Crippen LogP contribution in [0.15, 0.2) is 47.4 Å². The molecule has 9 heteroatoms. The number of hydrogen-bond acceptors (Lipinski definition) is 4. The first-order valence-electron chi connectivity index (χ1n) is 7.44. The van der Waals surface area contributed by atoms with Gasteiger partial charge in [-0.05, 0) is 36.4 Å². The van der Waals surface area contributed by atoms with Gasteiger partial charge in [0, 0.05) is 17.0 Å². The summed E-state index contributed by atoms with van der Waals surface area (Å²) in [7, 11) is 0. The van der Waals surface area contributed by atoms with Crippen LogP contribution in [0.5, 0.6) is 5.75 Å². The van der Waals surface area contributed by atoms with Crippen LogP contribution in [0.4, 0.5) is 8.78 Å². The molecule has 0 saturated heterocycles. The second-order valence-electron chi connectivity index (χ2n) is 5.13. The Labute approximate surface area is 163 Å². The smallest absolute Gasteiger partial charge is 0.288 e. The van der Waals surface area contributed by atoms with Crippen LogP contribution in [-0.4, -0.2) is 36.0 Å². The molecule has 2 aromatic rings. The maximum atomic E-state index is 12.3. The summed E-state index contributed by atoms with van der Waals surface area (Å²) in [5.74, 6) is -2.62. The standard InChI is InChI=1S/C17H15Cl2F2NO3S/c18-13-2-1-3-14(15(13)19)25-9-11(23)8-22-16(24)10-4-6-12(7-5-10)26-17(20)21/h1-7,11,17,23H,8-9H2,(H,22,24). The van der Waals surface area contributed by atoms with Crippen molar-refractivity contribution in [2.24, 2.45) is 0 Å². The molecule has 0 spiro atoms. The molecule has 0 aliphatic carbocycles. The number of hydrogen-bond donors (Lipinski definition) is 2. The minimum atomic E-state index is -2.52. The van der Waals surface area contributed by atoms with Gasteiger partial charge in [0.1, 0.15) is 23.5 Å². The topological polar surface area (TPSA) is 58.6 Å². The molecule has 0 radical (unpaired) electrons. The van der Waals surface area contributed by atoms with Crippen molar-refractivity contribution in [1.82, 2.24) is 5.32 Å². The SMILES string of the molecule is O=C(NCC(O)COc1cccc(Cl)c1Cl)c1ccc(SC(F)F)cc1. The van der Waals surface area contributed by atoms with Crippen molar-refractivity contribution < 1.29 is 23.4 Å². The highest BCUT2D eigenvalue weighted by Crippen LogP contribution is 2.31. The highest BCUT2D eigenvalue weighted by atomic mass is 35.5. The van der Waals surface area contributed by atoms with E-state index in [4.69, 9.17) is 27.9 Å². The van der Waals surface area contributed by atoms with E-state index in [1.54, 1.807) is 18.2 Å². The van der Waals surface area contributed by atoms with Gasteiger partial charge in [-0.3, -0.25) is 4.79 Å². The lowest BCUT2D eigenvalue weighted by atomic mass is 10.2. The summed E-state index contributed by atoms with van der Waals surface area (Å²) in [6.07, 6.45) is -0.970. The number of aliphatic hydroxyl groups is 1. The number of aliphatic hydroxyl groups excluding tert-OH is 1. The van der Waals surface area contributed by atoms with E-state index in [2.05, 4.69) is 5.32 Å². The van der Waals surface area contributed by atoms with Gasteiger partial charge in [-0.1, -0.05) is 41.0 Å². The van der Waals surface area contributed by atoms with Gasteiger partial charge in [0.2, 0.25) is 0 Å². The summed E-state index contributed by atoms with van der Waals surface area (Å²) in [4.78, 5) is 12.4. The number of carbonyl (C=O) groups excluding carboxylic acids is 1. The number of halogens is 4. The maximum Gasteiger partial charge on any atom is 0.288 e. The molecule has 0 aromatic heterocycles. The van der Waals surface area contributed by atoms with E-state index in [0.717, 1.165) is 0 Å². The first-order chi connectivity index (χ1) is 12.4. The Bertz CT molecular complexity index is 747. The number of alkyl halides is 2. The second kappa shape index (κ2) is 9.97. The van der Waals surface area contributed by atoms with Crippen LogP contribution in [0.3, 0.4) is 0 Å². The van der Waals surface area contributed by atoms with Gasteiger partial charge in [-0.25, -0.2) is 0 Å². The van der Waals surface area contributed by atoms with E-state index in [1.807, 2.05) is 0 Å². The zero-order valence-corrected chi connectivity index (χ0v) is 15.6. The van der Waals surface area contributed by atoms with E-state index in [0.29, 0.717) is 33.0 Å². The van der Waals surface area contributed by atoms with Crippen molar-refractivity contribution in [3.05, 3.63) is 58.1 Å². The molecular weight excluding hydrogens is 407 g/mol. The van der Waals surface area contributed by atoms with Crippen molar-refractivity contribution in [2.75, 3.05) is 13.2 Å². The Morgan fingerprint density at radius 3 is 2.54 bits per heavy atom. The maximum absolute atomic E-state index is 12.3. The summed E-state index contributed by atoms with van der Waals surface area (Å²) < 4.78 is 29.9. The van der Waals surface area contributed by atoms with Crippen LogP contribution in [0.2, 0.25) is 10.0 Å². The van der Waals surface area contributed by atoms with Crippen LogP contribution >= 0.6 is 35.0 Å². The second-order valence-corrected chi connectivity index (χ2v) is 6.98. The summed E-state index contributed by atoms with van der Waals surface area (Å²) in [5, 5.41) is 13.0. The molecule has 2 rings (SSSR count). The molecule has 0 bridgehead atoms. The third kappa shape index (κ3) is 6.32. The van der Waals surface area contributed by atoms with Crippen molar-refractivity contribution in [3.8, 4) is 5.75 Å². The number of carbonyl (C=O) groups is 1. The lowest BCUT2D eigenvalue weighted by Crippen LogP contribution is -2.35.